The minimum Gasteiger partial charge on any atom is -0.351 e. The molecule has 2 N–H and O–H groups in total. The predicted octanol–water partition coefficient (Wildman–Crippen LogP) is 7.68. The average Bonchev–Trinajstić information content (AvgIpc) is 3.51. The molecule has 2 aromatic heterocycles. The van der Waals surface area contributed by atoms with Crippen LogP contribution in [-0.2, 0) is 14.1 Å². The van der Waals surface area contributed by atoms with Crippen molar-refractivity contribution < 1.29 is 9.59 Å². The zero-order chi connectivity index (χ0) is 31.3. The summed E-state index contributed by atoms with van der Waals surface area (Å²) in [5.74, 6) is -0.299. The lowest BCUT2D eigenvalue weighted by Gasteiger charge is -2.17. The van der Waals surface area contributed by atoms with E-state index in [0.717, 1.165) is 43.4 Å². The molecule has 6 rings (SSSR count). The van der Waals surface area contributed by atoms with Gasteiger partial charge in [0.25, 0.3) is 11.8 Å². The molecule has 0 aliphatic carbocycles. The van der Waals surface area contributed by atoms with Crippen molar-refractivity contribution in [1.82, 2.24) is 24.7 Å². The molecule has 0 saturated carbocycles. The molecule has 0 saturated heterocycles. The van der Waals surface area contributed by atoms with Gasteiger partial charge in [-0.25, -0.2) is 0 Å². The Bertz CT molecular complexity index is 1970. The highest BCUT2D eigenvalue weighted by Crippen LogP contribution is 2.35. The molecule has 0 aliphatic heterocycles. The molecule has 0 fully saturated rings. The number of hydrogen-bond acceptors (Lipinski definition) is 3. The highest BCUT2D eigenvalue weighted by Gasteiger charge is 2.18. The van der Waals surface area contributed by atoms with Crippen LogP contribution in [0.25, 0.3) is 43.4 Å². The number of nitrogens with zero attached hydrogens (tertiary/aromatic N) is 3. The molecule has 0 radical (unpaired) electrons. The maximum absolute atomic E-state index is 13.1. The number of amides is 2. The SMILES string of the molecule is CN(CCNC(=O)c1cn(C)c2c1ccc1cc(Cl)c(Cl)cc12)CCNC(=O)c1cn(C)c2c1ccc1cc(Cl)c(Cl)cc12. The number of likely N-dealkylation sites (N-methyl/N-ethyl adjacent to an activating group) is 1. The lowest BCUT2D eigenvalue weighted by molar-refractivity contribution is 0.0950. The zero-order valence-corrected chi connectivity index (χ0v) is 27.3. The molecule has 2 amide bonds. The van der Waals surface area contributed by atoms with Gasteiger partial charge in [0.05, 0.1) is 42.3 Å². The summed E-state index contributed by atoms with van der Waals surface area (Å²) >= 11 is 25.0. The average molecular weight is 669 g/mol. The second-order valence-corrected chi connectivity index (χ2v) is 12.6. The first-order chi connectivity index (χ1) is 21.0. The molecule has 11 heteroatoms. The minimum absolute atomic E-state index is 0.149. The first-order valence-electron chi connectivity index (χ1n) is 14.0. The van der Waals surface area contributed by atoms with Gasteiger partial charge in [-0.1, -0.05) is 70.7 Å². The van der Waals surface area contributed by atoms with Gasteiger partial charge >= 0.3 is 0 Å². The van der Waals surface area contributed by atoms with Crippen molar-refractivity contribution in [2.75, 3.05) is 33.2 Å². The highest BCUT2D eigenvalue weighted by molar-refractivity contribution is 6.43. The van der Waals surface area contributed by atoms with E-state index in [1.54, 1.807) is 0 Å². The molecule has 0 aliphatic rings. The lowest BCUT2D eigenvalue weighted by Crippen LogP contribution is -2.37. The lowest BCUT2D eigenvalue weighted by atomic mass is 10.1. The molecule has 0 bridgehead atoms. The number of aryl methyl sites for hydroxylation is 2. The minimum atomic E-state index is -0.149. The summed E-state index contributed by atoms with van der Waals surface area (Å²) in [4.78, 5) is 28.3. The van der Waals surface area contributed by atoms with Crippen LogP contribution in [0.15, 0.2) is 60.9 Å². The van der Waals surface area contributed by atoms with Crippen LogP contribution >= 0.6 is 46.4 Å². The van der Waals surface area contributed by atoms with E-state index in [0.29, 0.717) is 57.4 Å². The number of carbonyl (C=O) groups excluding carboxylic acids is 2. The molecule has 226 valence electrons. The molecular formula is C33H29Cl4N5O2. The van der Waals surface area contributed by atoms with Crippen LogP contribution < -0.4 is 10.6 Å². The fraction of sp³-hybridized carbons (Fsp3) is 0.212. The molecule has 2 heterocycles. The number of rotatable bonds is 8. The number of nitrogens with one attached hydrogen (secondary N) is 2. The number of carbonyl (C=O) groups is 2. The van der Waals surface area contributed by atoms with Crippen molar-refractivity contribution in [2.24, 2.45) is 14.1 Å². The van der Waals surface area contributed by atoms with E-state index in [1.807, 2.05) is 91.2 Å². The Morgan fingerprint density at radius 3 is 1.43 bits per heavy atom. The standard InChI is InChI=1S/C33H29Cl4N5O2/c1-40(10-8-38-32(43)24-16-41(2)30-20(24)6-4-18-12-26(34)28(36)14-22(18)30)11-9-39-33(44)25-17-42(3)31-21(25)7-5-19-13-27(35)29(37)15-23(19)31/h4-7,12-17H,8-11H2,1-3H3,(H,38,43)(H,39,44). The summed E-state index contributed by atoms with van der Waals surface area (Å²) in [5.41, 5.74) is 3.04. The summed E-state index contributed by atoms with van der Waals surface area (Å²) in [6.07, 6.45) is 3.67. The van der Waals surface area contributed by atoms with Crippen molar-refractivity contribution in [3.05, 3.63) is 92.1 Å². The van der Waals surface area contributed by atoms with Gasteiger partial charge in [-0.15, -0.1) is 0 Å². The van der Waals surface area contributed by atoms with Crippen LogP contribution in [0.3, 0.4) is 0 Å². The number of hydrogen-bond donors (Lipinski definition) is 2. The fourth-order valence-corrected chi connectivity index (χ4v) is 6.51. The third kappa shape index (κ3) is 5.59. The second-order valence-electron chi connectivity index (χ2n) is 11.0. The van der Waals surface area contributed by atoms with Crippen molar-refractivity contribution in [1.29, 1.82) is 0 Å². The first-order valence-corrected chi connectivity index (χ1v) is 15.5. The summed E-state index contributed by atoms with van der Waals surface area (Å²) in [6.45, 7) is 2.15. The smallest absolute Gasteiger partial charge is 0.253 e. The van der Waals surface area contributed by atoms with E-state index in [9.17, 15) is 9.59 Å². The van der Waals surface area contributed by atoms with Crippen molar-refractivity contribution in [3.8, 4) is 0 Å². The Balaban J connectivity index is 1.05. The van der Waals surface area contributed by atoms with E-state index < -0.39 is 0 Å². The maximum Gasteiger partial charge on any atom is 0.253 e. The number of benzene rings is 4. The molecule has 4 aromatic carbocycles. The summed E-state index contributed by atoms with van der Waals surface area (Å²) in [6, 6.07) is 15.1. The van der Waals surface area contributed by atoms with Gasteiger partial charge in [0.15, 0.2) is 0 Å². The van der Waals surface area contributed by atoms with Crippen LogP contribution in [0.4, 0.5) is 0 Å². The van der Waals surface area contributed by atoms with E-state index in [2.05, 4.69) is 15.5 Å². The van der Waals surface area contributed by atoms with Gasteiger partial charge < -0.3 is 24.7 Å². The van der Waals surface area contributed by atoms with Gasteiger partial charge in [-0.3, -0.25) is 9.59 Å². The van der Waals surface area contributed by atoms with Gasteiger partial charge in [0.2, 0.25) is 0 Å². The van der Waals surface area contributed by atoms with E-state index in [-0.39, 0.29) is 11.8 Å². The Kier molecular flexibility index (Phi) is 8.44. The summed E-state index contributed by atoms with van der Waals surface area (Å²) < 4.78 is 3.88. The second kappa shape index (κ2) is 12.1. The number of halogens is 4. The fourth-order valence-electron chi connectivity index (χ4n) is 5.84. The Morgan fingerprint density at radius 2 is 1.02 bits per heavy atom. The van der Waals surface area contributed by atoms with Gasteiger partial charge in [-0.05, 0) is 42.1 Å². The third-order valence-corrected chi connectivity index (χ3v) is 9.49. The molecular weight excluding hydrogens is 640 g/mol. The van der Waals surface area contributed by atoms with Crippen LogP contribution in [0, 0.1) is 0 Å². The highest BCUT2D eigenvalue weighted by atomic mass is 35.5. The van der Waals surface area contributed by atoms with Crippen molar-refractivity contribution in [3.63, 3.8) is 0 Å². The maximum atomic E-state index is 13.1. The van der Waals surface area contributed by atoms with Crippen LogP contribution in [0.1, 0.15) is 20.7 Å². The Labute approximate surface area is 274 Å². The Hall–Kier alpha value is -3.46. The monoisotopic (exact) mass is 667 g/mol. The predicted molar refractivity (Wildman–Crippen MR) is 183 cm³/mol. The summed E-state index contributed by atoms with van der Waals surface area (Å²) in [7, 11) is 5.78. The normalized spacial score (nSPS) is 11.8. The van der Waals surface area contributed by atoms with Crippen LogP contribution in [0.5, 0.6) is 0 Å². The topological polar surface area (TPSA) is 71.3 Å². The van der Waals surface area contributed by atoms with E-state index >= 15 is 0 Å². The van der Waals surface area contributed by atoms with Crippen molar-refractivity contribution in [2.45, 2.75) is 0 Å². The Morgan fingerprint density at radius 1 is 0.636 bits per heavy atom. The third-order valence-electron chi connectivity index (χ3n) is 8.04. The van der Waals surface area contributed by atoms with Crippen LogP contribution in [0.2, 0.25) is 20.1 Å². The van der Waals surface area contributed by atoms with Crippen LogP contribution in [-0.4, -0.2) is 59.1 Å². The number of aromatic nitrogens is 2. The largest absolute Gasteiger partial charge is 0.351 e. The van der Waals surface area contributed by atoms with Gasteiger partial charge in [0.1, 0.15) is 0 Å². The van der Waals surface area contributed by atoms with Crippen molar-refractivity contribution >= 4 is 102 Å². The quantitative estimate of drug-likeness (QED) is 0.175. The number of fused-ring (bicyclic) bond motifs is 6. The van der Waals surface area contributed by atoms with E-state index in [1.165, 1.54) is 0 Å². The molecule has 0 spiro atoms. The summed E-state index contributed by atoms with van der Waals surface area (Å²) in [5, 5.41) is 13.5. The molecule has 0 unspecified atom stereocenters. The molecule has 0 atom stereocenters. The molecule has 7 nitrogen and oxygen atoms in total. The molecule has 44 heavy (non-hydrogen) atoms. The van der Waals surface area contributed by atoms with E-state index in [4.69, 9.17) is 46.4 Å². The molecule has 6 aromatic rings. The van der Waals surface area contributed by atoms with Gasteiger partial charge in [-0.2, -0.15) is 0 Å². The van der Waals surface area contributed by atoms with Gasteiger partial charge in [0, 0.05) is 74.2 Å². The zero-order valence-electron chi connectivity index (χ0n) is 24.3. The first kappa shape index (κ1) is 30.6.